The summed E-state index contributed by atoms with van der Waals surface area (Å²) in [5.74, 6) is -1.29. The van der Waals surface area contributed by atoms with E-state index in [0.29, 0.717) is 18.2 Å². The Morgan fingerprint density at radius 3 is 1.94 bits per heavy atom. The van der Waals surface area contributed by atoms with Crippen LogP contribution < -0.4 is 64.2 Å². The molecule has 0 aliphatic rings. The van der Waals surface area contributed by atoms with E-state index in [2.05, 4.69) is 10.2 Å². The fraction of sp³-hybridized carbons (Fsp3) is 0.0588. The number of hydrogen-bond acceptors (Lipinski definition) is 8. The molecule has 16 heteroatoms. The molecular formula is C17H9F3N2Na2O7S2. The summed E-state index contributed by atoms with van der Waals surface area (Å²) in [4.78, 5) is -1.88. The molecule has 33 heavy (non-hydrogen) atoms. The monoisotopic (exact) mass is 520 g/mol. The molecule has 0 aliphatic carbocycles. The number of azo groups is 1. The van der Waals surface area contributed by atoms with Crippen molar-refractivity contribution in [3.8, 4) is 5.75 Å². The first-order valence-corrected chi connectivity index (χ1v) is 10.8. The summed E-state index contributed by atoms with van der Waals surface area (Å²) in [7, 11) is -9.99. The predicted molar refractivity (Wildman–Crippen MR) is 96.8 cm³/mol. The molecule has 0 radical (unpaired) electrons. The smallest absolute Gasteiger partial charge is 0.870 e. The Labute approximate surface area is 229 Å². The largest absolute Gasteiger partial charge is 1.00 e. The molecule has 0 saturated heterocycles. The van der Waals surface area contributed by atoms with Crippen molar-refractivity contribution < 1.29 is 103 Å². The Bertz CT molecular complexity index is 1430. The van der Waals surface area contributed by atoms with Gasteiger partial charge in [-0.25, -0.2) is 8.42 Å². The summed E-state index contributed by atoms with van der Waals surface area (Å²) in [5, 5.41) is 19.4. The second kappa shape index (κ2) is 10.7. The molecule has 3 aromatic rings. The number of nitrogens with zero attached hydrogens (tertiary/aromatic N) is 2. The van der Waals surface area contributed by atoms with E-state index in [1.807, 2.05) is 0 Å². The van der Waals surface area contributed by atoms with Crippen LogP contribution in [0, 0.1) is 0 Å². The Morgan fingerprint density at radius 1 is 0.879 bits per heavy atom. The Morgan fingerprint density at radius 2 is 1.45 bits per heavy atom. The van der Waals surface area contributed by atoms with Gasteiger partial charge in [-0.2, -0.15) is 31.8 Å². The fourth-order valence-electron chi connectivity index (χ4n) is 2.59. The Hall–Kier alpha value is -1.07. The molecule has 0 amide bonds. The van der Waals surface area contributed by atoms with Crippen molar-refractivity contribution in [2.75, 3.05) is 0 Å². The third-order valence-corrected chi connectivity index (χ3v) is 5.72. The second-order valence-electron chi connectivity index (χ2n) is 6.11. The van der Waals surface area contributed by atoms with E-state index in [0.717, 1.165) is 30.3 Å². The van der Waals surface area contributed by atoms with Gasteiger partial charge in [0.2, 0.25) is 0 Å². The minimum atomic E-state index is -5.07. The Balaban J connectivity index is 0.00000272. The van der Waals surface area contributed by atoms with Crippen LogP contribution in [0.1, 0.15) is 5.56 Å². The van der Waals surface area contributed by atoms with Gasteiger partial charge in [-0.3, -0.25) is 4.55 Å². The Kier molecular flexibility index (Phi) is 9.70. The minimum Gasteiger partial charge on any atom is -0.870 e. The van der Waals surface area contributed by atoms with E-state index in [-0.39, 0.29) is 75.6 Å². The number of alkyl halides is 3. The van der Waals surface area contributed by atoms with Crippen LogP contribution in [-0.4, -0.2) is 25.9 Å². The molecule has 0 bridgehead atoms. The van der Waals surface area contributed by atoms with E-state index in [1.165, 1.54) is 0 Å². The molecule has 164 valence electrons. The molecule has 0 aromatic heterocycles. The van der Waals surface area contributed by atoms with Crippen LogP contribution in [0.25, 0.3) is 10.8 Å². The number of fused-ring (bicyclic) bond motifs is 1. The third kappa shape index (κ3) is 6.97. The van der Waals surface area contributed by atoms with Gasteiger partial charge in [0.05, 0.1) is 26.7 Å². The summed E-state index contributed by atoms with van der Waals surface area (Å²) in [6.45, 7) is 0. The van der Waals surface area contributed by atoms with Crippen molar-refractivity contribution in [3.63, 3.8) is 0 Å². The third-order valence-electron chi connectivity index (χ3n) is 4.03. The molecule has 1 N–H and O–H groups in total. The second-order valence-corrected chi connectivity index (χ2v) is 8.88. The van der Waals surface area contributed by atoms with Gasteiger partial charge in [0.1, 0.15) is 10.1 Å². The first kappa shape index (κ1) is 30.0. The molecular weight excluding hydrogens is 511 g/mol. The van der Waals surface area contributed by atoms with Crippen LogP contribution in [0.4, 0.5) is 24.5 Å². The molecule has 0 atom stereocenters. The molecule has 9 nitrogen and oxygen atoms in total. The molecule has 0 heterocycles. The van der Waals surface area contributed by atoms with Gasteiger partial charge in [0.15, 0.2) is 0 Å². The van der Waals surface area contributed by atoms with Crippen LogP contribution in [-0.2, 0) is 26.4 Å². The zero-order valence-corrected chi connectivity index (χ0v) is 22.5. The zero-order chi connectivity index (χ0) is 23.2. The van der Waals surface area contributed by atoms with E-state index in [1.54, 1.807) is 0 Å². The maximum Gasteiger partial charge on any atom is 1.00 e. The molecule has 0 fully saturated rings. The molecule has 0 saturated carbocycles. The quantitative estimate of drug-likeness (QED) is 0.226. The van der Waals surface area contributed by atoms with Crippen molar-refractivity contribution in [1.29, 1.82) is 0 Å². The van der Waals surface area contributed by atoms with Crippen LogP contribution in [0.15, 0.2) is 68.6 Å². The van der Waals surface area contributed by atoms with Gasteiger partial charge >= 0.3 is 65.3 Å². The molecule has 0 aliphatic heterocycles. The topological polar surface area (TPSA) is 159 Å². The minimum absolute atomic E-state index is 0. The van der Waals surface area contributed by atoms with Crippen LogP contribution in [0.3, 0.4) is 0 Å². The predicted octanol–water partition coefficient (Wildman–Crippen LogP) is -2.49. The average molecular weight is 520 g/mol. The number of rotatable bonds is 4. The van der Waals surface area contributed by atoms with Crippen molar-refractivity contribution in [1.82, 2.24) is 0 Å². The van der Waals surface area contributed by atoms with Gasteiger partial charge < -0.3 is 9.66 Å². The fourth-order valence-corrected chi connectivity index (χ4v) is 3.71. The van der Waals surface area contributed by atoms with Gasteiger partial charge in [0.25, 0.3) is 10.1 Å². The van der Waals surface area contributed by atoms with Gasteiger partial charge in [-0.15, -0.1) is 0 Å². The molecule has 0 unspecified atom stereocenters. The first-order chi connectivity index (χ1) is 14.2. The summed E-state index contributed by atoms with van der Waals surface area (Å²) in [6, 6.07) is 6.64. The number of benzene rings is 3. The zero-order valence-electron chi connectivity index (χ0n) is 16.9. The van der Waals surface area contributed by atoms with E-state index in [9.17, 15) is 44.2 Å². The van der Waals surface area contributed by atoms with E-state index in [4.69, 9.17) is 0 Å². The number of halogens is 3. The van der Waals surface area contributed by atoms with Crippen molar-refractivity contribution in [3.05, 3.63) is 54.1 Å². The first-order valence-electron chi connectivity index (χ1n) is 7.98. The molecule has 3 rings (SSSR count). The summed E-state index contributed by atoms with van der Waals surface area (Å²) in [5.41, 5.74) is -1.71. The molecule has 3 aromatic carbocycles. The maximum absolute atomic E-state index is 12.6. The van der Waals surface area contributed by atoms with Crippen LogP contribution in [0.5, 0.6) is 5.75 Å². The van der Waals surface area contributed by atoms with Crippen molar-refractivity contribution in [2.24, 2.45) is 10.2 Å². The SMILES string of the molecule is O=S(=O)([O-])c1ccc2c(N=Nc3ccc(C(F)(F)F)cc3)c([O-])c(S(=O)(=O)O)cc2c1.[Na+].[Na+]. The van der Waals surface area contributed by atoms with Crippen LogP contribution in [0.2, 0.25) is 0 Å². The van der Waals surface area contributed by atoms with Gasteiger partial charge in [0, 0.05) is 5.39 Å². The summed E-state index contributed by atoms with van der Waals surface area (Å²) < 4.78 is 104. The van der Waals surface area contributed by atoms with E-state index >= 15 is 0 Å². The van der Waals surface area contributed by atoms with Gasteiger partial charge in [-0.1, -0.05) is 11.8 Å². The maximum atomic E-state index is 12.6. The van der Waals surface area contributed by atoms with Crippen molar-refractivity contribution in [2.45, 2.75) is 16.0 Å². The standard InChI is InChI=1S/C17H11F3N2O7S2.2Na/c18-17(19,20)10-1-3-11(4-2-10)21-22-15-13-6-5-12(30(24,25)26)7-9(13)8-14(16(15)23)31(27,28)29;;/h1-8,23H,(H,24,25,26)(H,27,28,29);;/q;2*+1/p-2. The summed E-state index contributed by atoms with van der Waals surface area (Å²) in [6.07, 6.45) is -4.59. The van der Waals surface area contributed by atoms with Crippen LogP contribution >= 0.6 is 0 Å². The number of hydrogen-bond donors (Lipinski definition) is 1. The molecule has 0 spiro atoms. The normalized spacial score (nSPS) is 12.4. The van der Waals surface area contributed by atoms with E-state index < -0.39 is 53.2 Å². The van der Waals surface area contributed by atoms with Crippen molar-refractivity contribution >= 4 is 42.4 Å². The summed E-state index contributed by atoms with van der Waals surface area (Å²) >= 11 is 0. The van der Waals surface area contributed by atoms with Gasteiger partial charge in [-0.05, 0) is 47.9 Å². The average Bonchev–Trinajstić information content (AvgIpc) is 2.64.